The van der Waals surface area contributed by atoms with Crippen molar-refractivity contribution in [2.45, 2.75) is 57.4 Å². The summed E-state index contributed by atoms with van der Waals surface area (Å²) in [6, 6.07) is 3.64. The maximum Gasteiger partial charge on any atom is 0.270 e. The normalized spacial score (nSPS) is 33.1. The standard InChI is InChI=1S/C20H24ClN3O/c1-2-16-18(24-4-3-15(21)8-17(24)22-16)19(25)23-20-9-12-5-13(10-20)7-14(6-12)11-20/h3-4,8,12-14H,2,5-7,9-11H2,1H3,(H,23,25). The molecule has 4 aliphatic rings. The fourth-order valence-corrected chi connectivity index (χ4v) is 6.27. The molecule has 0 aliphatic heterocycles. The van der Waals surface area contributed by atoms with E-state index in [0.717, 1.165) is 54.8 Å². The third-order valence-electron chi connectivity index (χ3n) is 6.63. The van der Waals surface area contributed by atoms with Crippen molar-refractivity contribution in [3.8, 4) is 0 Å². The SMILES string of the molecule is CCc1nc2cc(Cl)ccn2c1C(=O)NC12CC3CC(CC(C3)C1)C2. The van der Waals surface area contributed by atoms with Crippen LogP contribution >= 0.6 is 11.6 Å². The maximum atomic E-state index is 13.3. The van der Waals surface area contributed by atoms with Gasteiger partial charge in [-0.2, -0.15) is 0 Å². The molecule has 2 aromatic rings. The molecule has 0 radical (unpaired) electrons. The Morgan fingerprint density at radius 3 is 2.52 bits per heavy atom. The highest BCUT2D eigenvalue weighted by Crippen LogP contribution is 2.55. The molecule has 5 heteroatoms. The van der Waals surface area contributed by atoms with Crippen LogP contribution in [0.25, 0.3) is 5.65 Å². The van der Waals surface area contributed by atoms with Gasteiger partial charge in [0, 0.05) is 22.8 Å². The number of aryl methyl sites for hydroxylation is 1. The van der Waals surface area contributed by atoms with Crippen molar-refractivity contribution in [2.75, 3.05) is 0 Å². The van der Waals surface area contributed by atoms with Crippen molar-refractivity contribution in [3.63, 3.8) is 0 Å². The second kappa shape index (κ2) is 5.47. The Hall–Kier alpha value is -1.55. The molecule has 2 heterocycles. The first kappa shape index (κ1) is 15.7. The van der Waals surface area contributed by atoms with E-state index >= 15 is 0 Å². The molecular formula is C20H24ClN3O. The summed E-state index contributed by atoms with van der Waals surface area (Å²) >= 11 is 6.09. The van der Waals surface area contributed by atoms with Gasteiger partial charge in [0.1, 0.15) is 11.3 Å². The molecule has 4 saturated carbocycles. The fraction of sp³-hybridized carbons (Fsp3) is 0.600. The molecule has 0 aromatic carbocycles. The number of imidazole rings is 1. The van der Waals surface area contributed by atoms with Crippen LogP contribution in [0, 0.1) is 17.8 Å². The highest BCUT2D eigenvalue weighted by molar-refractivity contribution is 6.30. The van der Waals surface area contributed by atoms with E-state index in [9.17, 15) is 4.79 Å². The number of nitrogens with zero attached hydrogens (tertiary/aromatic N) is 2. The zero-order valence-corrected chi connectivity index (χ0v) is 15.4. The van der Waals surface area contributed by atoms with E-state index in [-0.39, 0.29) is 11.4 Å². The second-order valence-electron chi connectivity index (χ2n) is 8.49. The molecule has 0 atom stereocenters. The van der Waals surface area contributed by atoms with Crippen molar-refractivity contribution in [1.82, 2.24) is 14.7 Å². The number of fused-ring (bicyclic) bond motifs is 1. The van der Waals surface area contributed by atoms with Crippen LogP contribution in [0.5, 0.6) is 0 Å². The Morgan fingerprint density at radius 2 is 1.92 bits per heavy atom. The van der Waals surface area contributed by atoms with Crippen LogP contribution in [0.3, 0.4) is 0 Å². The number of halogens is 1. The van der Waals surface area contributed by atoms with Crippen LogP contribution in [0.1, 0.15) is 61.6 Å². The van der Waals surface area contributed by atoms with Gasteiger partial charge in [0.25, 0.3) is 5.91 Å². The van der Waals surface area contributed by atoms with Gasteiger partial charge < -0.3 is 5.32 Å². The van der Waals surface area contributed by atoms with Crippen molar-refractivity contribution in [3.05, 3.63) is 34.7 Å². The van der Waals surface area contributed by atoms with Gasteiger partial charge in [-0.3, -0.25) is 9.20 Å². The summed E-state index contributed by atoms with van der Waals surface area (Å²) in [5, 5.41) is 4.12. The first-order valence-electron chi connectivity index (χ1n) is 9.54. The lowest BCUT2D eigenvalue weighted by molar-refractivity contribution is -0.0168. The molecule has 6 rings (SSSR count). The van der Waals surface area contributed by atoms with Gasteiger partial charge in [-0.05, 0) is 68.8 Å². The highest BCUT2D eigenvalue weighted by atomic mass is 35.5. The van der Waals surface area contributed by atoms with Crippen LogP contribution in [0.15, 0.2) is 18.3 Å². The summed E-state index contributed by atoms with van der Waals surface area (Å²) in [7, 11) is 0. The largest absolute Gasteiger partial charge is 0.345 e. The van der Waals surface area contributed by atoms with Gasteiger partial charge in [-0.15, -0.1) is 0 Å². The third-order valence-corrected chi connectivity index (χ3v) is 6.86. The minimum atomic E-state index is 0.0213. The topological polar surface area (TPSA) is 46.4 Å². The van der Waals surface area contributed by atoms with Crippen LogP contribution in [-0.4, -0.2) is 20.8 Å². The predicted molar refractivity (Wildman–Crippen MR) is 97.9 cm³/mol. The summed E-state index contributed by atoms with van der Waals surface area (Å²) in [4.78, 5) is 17.9. The monoisotopic (exact) mass is 357 g/mol. The number of rotatable bonds is 3. The van der Waals surface area contributed by atoms with E-state index in [4.69, 9.17) is 11.6 Å². The Bertz CT molecular complexity index is 821. The number of carbonyl (C=O) groups is 1. The summed E-state index contributed by atoms with van der Waals surface area (Å²) < 4.78 is 1.89. The van der Waals surface area contributed by atoms with E-state index in [1.165, 1.54) is 19.3 Å². The van der Waals surface area contributed by atoms with Crippen molar-refractivity contribution in [1.29, 1.82) is 0 Å². The Balaban J connectivity index is 1.50. The van der Waals surface area contributed by atoms with E-state index in [1.807, 2.05) is 29.7 Å². The number of hydrogen-bond donors (Lipinski definition) is 1. The Kier molecular flexibility index (Phi) is 3.43. The number of amides is 1. The summed E-state index contributed by atoms with van der Waals surface area (Å²) in [5.41, 5.74) is 2.31. The molecule has 132 valence electrons. The quantitative estimate of drug-likeness (QED) is 0.892. The second-order valence-corrected chi connectivity index (χ2v) is 8.92. The molecule has 25 heavy (non-hydrogen) atoms. The number of pyridine rings is 1. The highest BCUT2D eigenvalue weighted by Gasteiger charge is 2.51. The van der Waals surface area contributed by atoms with Crippen LogP contribution in [0.2, 0.25) is 5.02 Å². The van der Waals surface area contributed by atoms with Gasteiger partial charge in [0.15, 0.2) is 0 Å². The Labute approximate surface area is 153 Å². The molecule has 4 bridgehead atoms. The minimum Gasteiger partial charge on any atom is -0.345 e. The first-order chi connectivity index (χ1) is 12.0. The smallest absolute Gasteiger partial charge is 0.270 e. The number of carbonyl (C=O) groups excluding carboxylic acids is 1. The molecule has 1 N–H and O–H groups in total. The lowest BCUT2D eigenvalue weighted by atomic mass is 9.53. The summed E-state index contributed by atoms with van der Waals surface area (Å²) in [6.07, 6.45) is 10.2. The predicted octanol–water partition coefficient (Wildman–Crippen LogP) is 4.25. The van der Waals surface area contributed by atoms with E-state index in [2.05, 4.69) is 10.3 Å². The van der Waals surface area contributed by atoms with Crippen LogP contribution in [0.4, 0.5) is 0 Å². The lowest BCUT2D eigenvalue weighted by Gasteiger charge is -2.56. The molecule has 0 unspecified atom stereocenters. The minimum absolute atomic E-state index is 0.0213. The summed E-state index contributed by atoms with van der Waals surface area (Å²) in [6.45, 7) is 2.05. The molecule has 2 aromatic heterocycles. The molecule has 4 aliphatic carbocycles. The van der Waals surface area contributed by atoms with E-state index in [1.54, 1.807) is 0 Å². The molecule has 4 fully saturated rings. The van der Waals surface area contributed by atoms with Crippen molar-refractivity contribution < 1.29 is 4.79 Å². The molecule has 0 saturated heterocycles. The molecule has 4 nitrogen and oxygen atoms in total. The van der Waals surface area contributed by atoms with Gasteiger partial charge in [0.05, 0.1) is 5.69 Å². The van der Waals surface area contributed by atoms with Crippen molar-refractivity contribution in [2.24, 2.45) is 17.8 Å². The number of hydrogen-bond acceptors (Lipinski definition) is 2. The van der Waals surface area contributed by atoms with E-state index < -0.39 is 0 Å². The van der Waals surface area contributed by atoms with Gasteiger partial charge in [0.2, 0.25) is 0 Å². The first-order valence-corrected chi connectivity index (χ1v) is 9.92. The van der Waals surface area contributed by atoms with Gasteiger partial charge >= 0.3 is 0 Å². The van der Waals surface area contributed by atoms with Gasteiger partial charge in [-0.25, -0.2) is 4.98 Å². The third kappa shape index (κ3) is 2.49. The zero-order chi connectivity index (χ0) is 17.2. The van der Waals surface area contributed by atoms with Crippen LogP contribution in [-0.2, 0) is 6.42 Å². The number of nitrogens with one attached hydrogen (secondary N) is 1. The van der Waals surface area contributed by atoms with Crippen LogP contribution < -0.4 is 5.32 Å². The van der Waals surface area contributed by atoms with Crippen molar-refractivity contribution >= 4 is 23.2 Å². The average molecular weight is 358 g/mol. The molecule has 0 spiro atoms. The number of aromatic nitrogens is 2. The van der Waals surface area contributed by atoms with Gasteiger partial charge in [-0.1, -0.05) is 18.5 Å². The molecular weight excluding hydrogens is 334 g/mol. The Morgan fingerprint density at radius 1 is 1.28 bits per heavy atom. The van der Waals surface area contributed by atoms with E-state index in [0.29, 0.717) is 10.7 Å². The maximum absolute atomic E-state index is 13.3. The lowest BCUT2D eigenvalue weighted by Crippen LogP contribution is -2.60. The average Bonchev–Trinajstić information content (AvgIpc) is 2.90. The molecule has 1 amide bonds. The zero-order valence-electron chi connectivity index (χ0n) is 14.6. The fourth-order valence-electron chi connectivity index (χ4n) is 6.12. The summed E-state index contributed by atoms with van der Waals surface area (Å²) in [5.74, 6) is 2.49.